The van der Waals surface area contributed by atoms with Crippen molar-refractivity contribution in [2.24, 2.45) is 0 Å². The molecule has 1 aromatic heterocycles. The summed E-state index contributed by atoms with van der Waals surface area (Å²) in [6.45, 7) is 6.57. The molecule has 0 amide bonds. The van der Waals surface area contributed by atoms with Gasteiger partial charge in [-0.3, -0.25) is 0 Å². The Bertz CT molecular complexity index is 518. The van der Waals surface area contributed by atoms with E-state index in [4.69, 9.17) is 14.2 Å². The molecule has 2 rings (SSSR count). The van der Waals surface area contributed by atoms with Gasteiger partial charge in [0, 0.05) is 12.1 Å². The average molecular weight is 355 g/mol. The van der Waals surface area contributed by atoms with E-state index in [1.54, 1.807) is 13.8 Å². The summed E-state index contributed by atoms with van der Waals surface area (Å²) in [4.78, 5) is 11.4. The quantitative estimate of drug-likeness (QED) is 0.673. The summed E-state index contributed by atoms with van der Waals surface area (Å²) in [6.07, 6.45) is 5.03. The fourth-order valence-electron chi connectivity index (χ4n) is 2.98. The van der Waals surface area contributed by atoms with E-state index in [9.17, 15) is 4.79 Å². The molecule has 0 unspecified atom stereocenters. The molecule has 0 aromatic carbocycles. The number of aromatic nitrogens is 4. The second-order valence-corrected chi connectivity index (χ2v) is 6.36. The third-order valence-electron chi connectivity index (χ3n) is 4.16. The molecule has 2 atom stereocenters. The summed E-state index contributed by atoms with van der Waals surface area (Å²) in [5.74, 6) is 0.502. The zero-order valence-corrected chi connectivity index (χ0v) is 15.3. The highest BCUT2D eigenvalue weighted by atomic mass is 16.7. The van der Waals surface area contributed by atoms with Gasteiger partial charge in [0.1, 0.15) is 6.61 Å². The number of carbonyl (C=O) groups is 1. The van der Waals surface area contributed by atoms with Crippen molar-refractivity contribution in [1.82, 2.24) is 25.5 Å². The standard InChI is InChI=1S/C16H29N5O4/c1-4-24-16(22)25-13(3)21-15(18-19-20-21)11-23-10-12(2)17-14-8-6-5-7-9-14/h12-14,17H,4-11H2,1-3H3/t12-,13-/m1/s1. The van der Waals surface area contributed by atoms with Crippen LogP contribution in [0.5, 0.6) is 0 Å². The smallest absolute Gasteiger partial charge is 0.435 e. The van der Waals surface area contributed by atoms with Crippen molar-refractivity contribution in [1.29, 1.82) is 0 Å². The van der Waals surface area contributed by atoms with Gasteiger partial charge in [0.05, 0.1) is 13.2 Å². The fourth-order valence-corrected chi connectivity index (χ4v) is 2.98. The molecule has 1 heterocycles. The molecule has 0 aliphatic heterocycles. The van der Waals surface area contributed by atoms with E-state index in [0.717, 1.165) is 0 Å². The van der Waals surface area contributed by atoms with E-state index < -0.39 is 12.4 Å². The first-order chi connectivity index (χ1) is 12.1. The Kier molecular flexibility index (Phi) is 8.07. The molecular weight excluding hydrogens is 326 g/mol. The van der Waals surface area contributed by atoms with Crippen molar-refractivity contribution in [3.05, 3.63) is 5.82 Å². The minimum atomic E-state index is -0.748. The van der Waals surface area contributed by atoms with Crippen molar-refractivity contribution < 1.29 is 19.0 Å². The Morgan fingerprint density at radius 3 is 2.80 bits per heavy atom. The maximum Gasteiger partial charge on any atom is 0.510 e. The summed E-state index contributed by atoms with van der Waals surface area (Å²) in [5.41, 5.74) is 0. The molecule has 1 N–H and O–H groups in total. The van der Waals surface area contributed by atoms with E-state index in [-0.39, 0.29) is 19.3 Å². The van der Waals surface area contributed by atoms with E-state index in [1.807, 2.05) is 0 Å². The summed E-state index contributed by atoms with van der Waals surface area (Å²) in [6, 6.07) is 0.858. The molecule has 1 fully saturated rings. The summed E-state index contributed by atoms with van der Waals surface area (Å²) >= 11 is 0. The van der Waals surface area contributed by atoms with E-state index in [0.29, 0.717) is 18.5 Å². The lowest BCUT2D eigenvalue weighted by Gasteiger charge is -2.26. The normalized spacial score (nSPS) is 17.9. The van der Waals surface area contributed by atoms with Crippen LogP contribution in [0.25, 0.3) is 0 Å². The zero-order valence-electron chi connectivity index (χ0n) is 15.3. The third kappa shape index (κ3) is 6.58. The second-order valence-electron chi connectivity index (χ2n) is 6.36. The van der Waals surface area contributed by atoms with Crippen LogP contribution in [0.2, 0.25) is 0 Å². The molecule has 0 spiro atoms. The summed E-state index contributed by atoms with van der Waals surface area (Å²) < 4.78 is 17.0. The van der Waals surface area contributed by atoms with Gasteiger partial charge < -0.3 is 19.5 Å². The van der Waals surface area contributed by atoms with Gasteiger partial charge in [-0.15, -0.1) is 5.10 Å². The van der Waals surface area contributed by atoms with E-state index >= 15 is 0 Å². The molecule has 1 aliphatic rings. The van der Waals surface area contributed by atoms with Gasteiger partial charge in [0.25, 0.3) is 0 Å². The van der Waals surface area contributed by atoms with Crippen LogP contribution in [0.1, 0.15) is 64.9 Å². The molecule has 9 heteroatoms. The van der Waals surface area contributed by atoms with Crippen LogP contribution < -0.4 is 5.32 Å². The first-order valence-electron chi connectivity index (χ1n) is 9.04. The number of carbonyl (C=O) groups excluding carboxylic acids is 1. The molecular formula is C16H29N5O4. The maximum absolute atomic E-state index is 11.4. The largest absolute Gasteiger partial charge is 0.510 e. The van der Waals surface area contributed by atoms with Crippen molar-refractivity contribution in [3.63, 3.8) is 0 Å². The molecule has 1 aliphatic carbocycles. The Hall–Kier alpha value is -1.74. The minimum Gasteiger partial charge on any atom is -0.435 e. The van der Waals surface area contributed by atoms with Gasteiger partial charge in [-0.25, -0.2) is 4.79 Å². The van der Waals surface area contributed by atoms with Crippen LogP contribution in [-0.2, 0) is 20.8 Å². The lowest BCUT2D eigenvalue weighted by molar-refractivity contribution is -0.00388. The van der Waals surface area contributed by atoms with Gasteiger partial charge in [-0.05, 0) is 44.0 Å². The number of nitrogens with zero attached hydrogens (tertiary/aromatic N) is 4. The highest BCUT2D eigenvalue weighted by Crippen LogP contribution is 2.18. The first kappa shape index (κ1) is 19.6. The van der Waals surface area contributed by atoms with Gasteiger partial charge >= 0.3 is 6.16 Å². The SMILES string of the molecule is CCOC(=O)O[C@H](C)n1nnnc1COC[C@@H](C)NC1CCCCC1. The van der Waals surface area contributed by atoms with Crippen LogP contribution in [0, 0.1) is 0 Å². The summed E-state index contributed by atoms with van der Waals surface area (Å²) in [7, 11) is 0. The first-order valence-corrected chi connectivity index (χ1v) is 9.04. The number of tetrazole rings is 1. The highest BCUT2D eigenvalue weighted by Gasteiger charge is 2.19. The Balaban J connectivity index is 1.73. The van der Waals surface area contributed by atoms with Crippen LogP contribution in [0.3, 0.4) is 0 Å². The third-order valence-corrected chi connectivity index (χ3v) is 4.16. The Labute approximate surface area is 148 Å². The van der Waals surface area contributed by atoms with Gasteiger partial charge in [-0.1, -0.05) is 19.3 Å². The Morgan fingerprint density at radius 2 is 2.08 bits per heavy atom. The van der Waals surface area contributed by atoms with Crippen LogP contribution >= 0.6 is 0 Å². The van der Waals surface area contributed by atoms with Crippen LogP contribution in [-0.4, -0.2) is 51.7 Å². The van der Waals surface area contributed by atoms with Gasteiger partial charge in [0.15, 0.2) is 12.1 Å². The highest BCUT2D eigenvalue weighted by molar-refractivity contribution is 5.59. The van der Waals surface area contributed by atoms with Crippen molar-refractivity contribution in [3.8, 4) is 0 Å². The predicted molar refractivity (Wildman–Crippen MR) is 89.8 cm³/mol. The van der Waals surface area contributed by atoms with Crippen molar-refractivity contribution in [2.45, 2.75) is 77.8 Å². The zero-order chi connectivity index (χ0) is 18.1. The fraction of sp³-hybridized carbons (Fsp3) is 0.875. The number of rotatable bonds is 9. The molecule has 0 bridgehead atoms. The average Bonchev–Trinajstić information content (AvgIpc) is 3.04. The number of hydrogen-bond donors (Lipinski definition) is 1. The van der Waals surface area contributed by atoms with Crippen LogP contribution in [0.4, 0.5) is 4.79 Å². The molecule has 25 heavy (non-hydrogen) atoms. The monoisotopic (exact) mass is 355 g/mol. The number of hydrogen-bond acceptors (Lipinski definition) is 8. The maximum atomic E-state index is 11.4. The molecule has 9 nitrogen and oxygen atoms in total. The minimum absolute atomic E-state index is 0.250. The predicted octanol–water partition coefficient (Wildman–Crippen LogP) is 2.19. The van der Waals surface area contributed by atoms with Crippen molar-refractivity contribution >= 4 is 6.16 Å². The van der Waals surface area contributed by atoms with E-state index in [1.165, 1.54) is 36.8 Å². The lowest BCUT2D eigenvalue weighted by atomic mass is 9.95. The molecule has 0 radical (unpaired) electrons. The van der Waals surface area contributed by atoms with Gasteiger partial charge in [0.2, 0.25) is 0 Å². The van der Waals surface area contributed by atoms with Crippen molar-refractivity contribution in [2.75, 3.05) is 13.2 Å². The topological polar surface area (TPSA) is 100 Å². The molecule has 142 valence electrons. The number of nitrogens with one attached hydrogen (secondary N) is 1. The molecule has 1 saturated carbocycles. The van der Waals surface area contributed by atoms with Gasteiger partial charge in [-0.2, -0.15) is 4.68 Å². The van der Waals surface area contributed by atoms with E-state index in [2.05, 4.69) is 27.8 Å². The number of ether oxygens (including phenoxy) is 3. The molecule has 1 aromatic rings. The lowest BCUT2D eigenvalue weighted by Crippen LogP contribution is -2.40. The second kappa shape index (κ2) is 10.3. The summed E-state index contributed by atoms with van der Waals surface area (Å²) in [5, 5.41) is 15.0. The van der Waals surface area contributed by atoms with Crippen LogP contribution in [0.15, 0.2) is 0 Å². The Morgan fingerprint density at radius 1 is 1.32 bits per heavy atom. The molecule has 0 saturated heterocycles.